The molecule has 0 aromatic rings. The standard InChI is InChI=1S/C30H36O10/c1-14(31)37-20-21-26(3,4)18(33)9-10-27(21,5)17-8-11-28(6)22(16-12-19(34)36-13-16)39-25(35)24-30(28,40-24)29(17,7)23(20)38-15(2)32/h9-10,12,17,20-24H,8,11,13H2,1-7H3/t17-,20-,21+,22+,23-,24-,27-,28+,29+,30-/m1/s1. The van der Waals surface area contributed by atoms with E-state index in [0.29, 0.717) is 18.4 Å². The van der Waals surface area contributed by atoms with Gasteiger partial charge < -0.3 is 23.7 Å². The number of hydrogen-bond donors (Lipinski definition) is 0. The maximum Gasteiger partial charge on any atom is 0.339 e. The van der Waals surface area contributed by atoms with Crippen LogP contribution in [-0.2, 0) is 47.7 Å². The fourth-order valence-corrected chi connectivity index (χ4v) is 9.85. The van der Waals surface area contributed by atoms with Gasteiger partial charge in [0.15, 0.2) is 11.9 Å². The Balaban J connectivity index is 1.60. The Bertz CT molecular complexity index is 1310. The van der Waals surface area contributed by atoms with Crippen molar-refractivity contribution < 1.29 is 47.7 Å². The molecule has 2 saturated carbocycles. The van der Waals surface area contributed by atoms with Crippen molar-refractivity contribution in [3.63, 3.8) is 0 Å². The maximum atomic E-state index is 13.4. The fourth-order valence-electron chi connectivity index (χ4n) is 9.85. The molecule has 0 amide bonds. The molecule has 0 aromatic carbocycles. The van der Waals surface area contributed by atoms with Gasteiger partial charge in [0.1, 0.15) is 30.5 Å². The van der Waals surface area contributed by atoms with Crippen molar-refractivity contribution in [2.24, 2.45) is 33.5 Å². The summed E-state index contributed by atoms with van der Waals surface area (Å²) in [5.41, 5.74) is -4.10. The summed E-state index contributed by atoms with van der Waals surface area (Å²) in [7, 11) is 0. The van der Waals surface area contributed by atoms with Gasteiger partial charge in [0.25, 0.3) is 0 Å². The van der Waals surface area contributed by atoms with Crippen molar-refractivity contribution in [2.45, 2.75) is 91.3 Å². The van der Waals surface area contributed by atoms with E-state index in [0.717, 1.165) is 0 Å². The summed E-state index contributed by atoms with van der Waals surface area (Å²) in [4.78, 5) is 64.0. The number of rotatable bonds is 3. The van der Waals surface area contributed by atoms with E-state index >= 15 is 0 Å². The average molecular weight is 557 g/mol. The van der Waals surface area contributed by atoms with Gasteiger partial charge in [-0.25, -0.2) is 9.59 Å². The first-order valence-corrected chi connectivity index (χ1v) is 13.9. The van der Waals surface area contributed by atoms with Gasteiger partial charge in [-0.3, -0.25) is 14.4 Å². The minimum absolute atomic E-state index is 0.00946. The van der Waals surface area contributed by atoms with Gasteiger partial charge in [-0.2, -0.15) is 0 Å². The van der Waals surface area contributed by atoms with Crippen LogP contribution in [0.4, 0.5) is 0 Å². The number of ether oxygens (including phenoxy) is 5. The summed E-state index contributed by atoms with van der Waals surface area (Å²) < 4.78 is 29.8. The van der Waals surface area contributed by atoms with Crippen molar-refractivity contribution in [1.82, 2.24) is 0 Å². The molecule has 6 aliphatic rings. The van der Waals surface area contributed by atoms with Crippen LogP contribution in [0.1, 0.15) is 61.3 Å². The largest absolute Gasteiger partial charge is 0.458 e. The molecule has 0 radical (unpaired) electrons. The fraction of sp³-hybridized carbons (Fsp3) is 0.700. The third-order valence-corrected chi connectivity index (χ3v) is 11.2. The molecule has 10 heteroatoms. The number of ketones is 1. The first-order chi connectivity index (χ1) is 18.6. The Hall–Kier alpha value is -3.01. The van der Waals surface area contributed by atoms with Gasteiger partial charge in [0.05, 0.1) is 0 Å². The highest BCUT2D eigenvalue weighted by atomic mass is 16.7. The van der Waals surface area contributed by atoms with Crippen molar-refractivity contribution in [3.05, 3.63) is 23.8 Å². The van der Waals surface area contributed by atoms with E-state index in [4.69, 9.17) is 23.7 Å². The van der Waals surface area contributed by atoms with Crippen LogP contribution in [-0.4, -0.2) is 66.3 Å². The molecule has 1 spiro atoms. The zero-order chi connectivity index (χ0) is 29.2. The summed E-state index contributed by atoms with van der Waals surface area (Å²) >= 11 is 0. The normalized spacial score (nSPS) is 47.9. The Morgan fingerprint density at radius 1 is 0.975 bits per heavy atom. The Kier molecular flexibility index (Phi) is 5.47. The number of epoxide rings is 1. The molecular weight excluding hydrogens is 520 g/mol. The summed E-state index contributed by atoms with van der Waals surface area (Å²) in [6.07, 6.45) is 2.33. The third kappa shape index (κ3) is 3.06. The first kappa shape index (κ1) is 27.2. The predicted molar refractivity (Wildman–Crippen MR) is 136 cm³/mol. The zero-order valence-electron chi connectivity index (χ0n) is 23.9. The van der Waals surface area contributed by atoms with E-state index < -0.39 is 81.5 Å². The number of cyclic esters (lactones) is 2. The van der Waals surface area contributed by atoms with Gasteiger partial charge in [0.2, 0.25) is 0 Å². The smallest absolute Gasteiger partial charge is 0.339 e. The molecular formula is C30H36O10. The second-order valence-electron chi connectivity index (χ2n) is 13.5. The van der Waals surface area contributed by atoms with E-state index in [1.807, 2.05) is 33.8 Å². The summed E-state index contributed by atoms with van der Waals surface area (Å²) in [5.74, 6) is -3.05. The topological polar surface area (TPSA) is 135 Å². The van der Waals surface area contributed by atoms with E-state index in [-0.39, 0.29) is 18.3 Å². The molecule has 0 bridgehead atoms. The first-order valence-electron chi connectivity index (χ1n) is 13.9. The third-order valence-electron chi connectivity index (χ3n) is 11.2. The molecule has 2 saturated heterocycles. The van der Waals surface area contributed by atoms with Gasteiger partial charge in [0, 0.05) is 47.7 Å². The molecule has 3 heterocycles. The Morgan fingerprint density at radius 2 is 1.65 bits per heavy atom. The molecule has 6 rings (SSSR count). The number of hydrogen-bond acceptors (Lipinski definition) is 10. The monoisotopic (exact) mass is 556 g/mol. The van der Waals surface area contributed by atoms with Crippen molar-refractivity contribution in [1.29, 1.82) is 0 Å². The highest BCUT2D eigenvalue weighted by molar-refractivity contribution is 5.96. The quantitative estimate of drug-likeness (QED) is 0.290. The van der Waals surface area contributed by atoms with Crippen LogP contribution in [0.5, 0.6) is 0 Å². The van der Waals surface area contributed by atoms with Gasteiger partial charge in [-0.15, -0.1) is 0 Å². The maximum absolute atomic E-state index is 13.4. The molecule has 3 aliphatic carbocycles. The number of allylic oxidation sites excluding steroid dienone is 2. The van der Waals surface area contributed by atoms with Crippen molar-refractivity contribution in [2.75, 3.05) is 6.61 Å². The van der Waals surface area contributed by atoms with E-state index in [1.165, 1.54) is 19.9 Å². The zero-order valence-corrected chi connectivity index (χ0v) is 23.9. The lowest BCUT2D eigenvalue weighted by Crippen LogP contribution is -2.77. The van der Waals surface area contributed by atoms with Crippen molar-refractivity contribution in [3.8, 4) is 0 Å². The number of carbonyl (C=O) groups excluding carboxylic acids is 5. The summed E-state index contributed by atoms with van der Waals surface area (Å²) in [5, 5.41) is 0. The second kappa shape index (κ2) is 8.05. The molecule has 0 unspecified atom stereocenters. The lowest BCUT2D eigenvalue weighted by Gasteiger charge is -2.69. The number of esters is 4. The van der Waals surface area contributed by atoms with E-state index in [2.05, 4.69) is 6.92 Å². The molecule has 10 nitrogen and oxygen atoms in total. The predicted octanol–water partition coefficient (Wildman–Crippen LogP) is 2.62. The lowest BCUT2D eigenvalue weighted by molar-refractivity contribution is -0.281. The van der Waals surface area contributed by atoms with Crippen LogP contribution < -0.4 is 0 Å². The molecule has 0 N–H and O–H groups in total. The van der Waals surface area contributed by atoms with Gasteiger partial charge in [-0.1, -0.05) is 40.7 Å². The van der Waals surface area contributed by atoms with Crippen LogP contribution in [0.15, 0.2) is 23.8 Å². The minimum Gasteiger partial charge on any atom is -0.458 e. The molecule has 0 aromatic heterocycles. The Morgan fingerprint density at radius 3 is 2.25 bits per heavy atom. The van der Waals surface area contributed by atoms with Crippen LogP contribution in [0.2, 0.25) is 0 Å². The molecule has 216 valence electrons. The Labute approximate surface area is 232 Å². The molecule has 4 fully saturated rings. The van der Waals surface area contributed by atoms with E-state index in [9.17, 15) is 24.0 Å². The molecule has 40 heavy (non-hydrogen) atoms. The van der Waals surface area contributed by atoms with Crippen LogP contribution in [0.25, 0.3) is 0 Å². The highest BCUT2D eigenvalue weighted by Gasteiger charge is 2.89. The average Bonchev–Trinajstić information content (AvgIpc) is 3.50. The SMILES string of the molecule is CC(=O)O[C@H]1[C@@H](OC(C)=O)[C@]2(C)[C@H](CC[C@@]3(C)[C@H](C4=CC(=O)OC4)OC(=O)[C@H]4O[C@@]423)[C@@]2(C)C=CC(=O)C(C)(C)[C@H]12. The lowest BCUT2D eigenvalue weighted by atomic mass is 9.35. The second-order valence-corrected chi connectivity index (χ2v) is 13.5. The summed E-state index contributed by atoms with van der Waals surface area (Å²) in [6.45, 7) is 12.3. The highest BCUT2D eigenvalue weighted by Crippen LogP contribution is 2.79. The number of fused-ring (bicyclic) bond motifs is 3. The van der Waals surface area contributed by atoms with E-state index in [1.54, 1.807) is 6.08 Å². The number of carbonyl (C=O) groups is 5. The summed E-state index contributed by atoms with van der Waals surface area (Å²) in [6, 6.07) is 0. The van der Waals surface area contributed by atoms with Gasteiger partial charge >= 0.3 is 23.9 Å². The van der Waals surface area contributed by atoms with Crippen LogP contribution in [0.3, 0.4) is 0 Å². The van der Waals surface area contributed by atoms with Crippen LogP contribution in [0, 0.1) is 33.5 Å². The molecule has 3 aliphatic heterocycles. The molecule has 10 atom stereocenters. The van der Waals surface area contributed by atoms with Crippen LogP contribution >= 0.6 is 0 Å². The van der Waals surface area contributed by atoms with Gasteiger partial charge in [-0.05, 0) is 30.3 Å². The van der Waals surface area contributed by atoms with Crippen molar-refractivity contribution >= 4 is 29.7 Å². The minimum atomic E-state index is -1.17.